The Balaban J connectivity index is 1.47. The largest absolute Gasteiger partial charge is 0.308 e. The summed E-state index contributed by atoms with van der Waals surface area (Å²) in [5, 5.41) is 5.96. The molecule has 1 fully saturated rings. The van der Waals surface area contributed by atoms with Crippen molar-refractivity contribution < 1.29 is 0 Å². The minimum atomic E-state index is 0.639. The van der Waals surface area contributed by atoms with Crippen LogP contribution in [0.3, 0.4) is 0 Å². The van der Waals surface area contributed by atoms with Crippen molar-refractivity contribution in [1.82, 2.24) is 10.2 Å². The summed E-state index contributed by atoms with van der Waals surface area (Å²) in [7, 11) is 0. The van der Waals surface area contributed by atoms with E-state index in [9.17, 15) is 0 Å². The molecule has 1 aliphatic rings. The summed E-state index contributed by atoms with van der Waals surface area (Å²) in [5.74, 6) is 0. The molecule has 0 radical (unpaired) electrons. The van der Waals surface area contributed by atoms with E-state index in [0.717, 1.165) is 19.5 Å². The van der Waals surface area contributed by atoms with Crippen molar-refractivity contribution in [3.05, 3.63) is 57.8 Å². The van der Waals surface area contributed by atoms with Crippen LogP contribution in [0.25, 0.3) is 0 Å². The van der Waals surface area contributed by atoms with Gasteiger partial charge in [0, 0.05) is 37.1 Å². The minimum Gasteiger partial charge on any atom is -0.308 e. The van der Waals surface area contributed by atoms with E-state index >= 15 is 0 Å². The molecule has 112 valence electrons. The van der Waals surface area contributed by atoms with Gasteiger partial charge < -0.3 is 5.32 Å². The highest BCUT2D eigenvalue weighted by molar-refractivity contribution is 7.10. The molecule has 21 heavy (non-hydrogen) atoms. The van der Waals surface area contributed by atoms with Crippen LogP contribution >= 0.6 is 11.3 Å². The first-order valence-electron chi connectivity index (χ1n) is 7.90. The molecule has 3 rings (SSSR count). The lowest BCUT2D eigenvalue weighted by Crippen LogP contribution is -2.31. The SMILES string of the molecule is CCc1ccsc1CNC1CCN(Cc2ccccc2)C1. The Hall–Kier alpha value is -1.16. The van der Waals surface area contributed by atoms with Crippen molar-refractivity contribution >= 4 is 11.3 Å². The molecule has 1 atom stereocenters. The molecule has 2 aromatic rings. The van der Waals surface area contributed by atoms with E-state index in [0.29, 0.717) is 6.04 Å². The normalized spacial score (nSPS) is 19.2. The molecule has 0 amide bonds. The van der Waals surface area contributed by atoms with Crippen molar-refractivity contribution in [2.45, 2.75) is 38.9 Å². The van der Waals surface area contributed by atoms with Crippen LogP contribution in [0.15, 0.2) is 41.8 Å². The standard InChI is InChI=1S/C18H24N2S/c1-2-16-9-11-21-18(16)12-19-17-8-10-20(14-17)13-15-6-4-3-5-7-15/h3-7,9,11,17,19H,2,8,10,12-14H2,1H3. The van der Waals surface area contributed by atoms with Gasteiger partial charge in [-0.05, 0) is 35.4 Å². The molecule has 0 spiro atoms. The van der Waals surface area contributed by atoms with Crippen molar-refractivity contribution in [2.75, 3.05) is 13.1 Å². The second-order valence-corrected chi connectivity index (χ2v) is 6.81. The lowest BCUT2D eigenvalue weighted by Gasteiger charge is -2.17. The number of rotatable bonds is 6. The summed E-state index contributed by atoms with van der Waals surface area (Å²) in [5.41, 5.74) is 2.93. The maximum Gasteiger partial charge on any atom is 0.0305 e. The molecule has 1 saturated heterocycles. The van der Waals surface area contributed by atoms with Gasteiger partial charge in [-0.25, -0.2) is 0 Å². The molecule has 0 saturated carbocycles. The Morgan fingerprint density at radius 2 is 2.10 bits per heavy atom. The van der Waals surface area contributed by atoms with E-state index < -0.39 is 0 Å². The second kappa shape index (κ2) is 7.21. The lowest BCUT2D eigenvalue weighted by molar-refractivity contribution is 0.320. The Bertz CT molecular complexity index is 549. The van der Waals surface area contributed by atoms with Crippen molar-refractivity contribution in [3.63, 3.8) is 0 Å². The summed E-state index contributed by atoms with van der Waals surface area (Å²) in [4.78, 5) is 4.07. The van der Waals surface area contributed by atoms with Gasteiger partial charge in [-0.1, -0.05) is 37.3 Å². The van der Waals surface area contributed by atoms with Gasteiger partial charge in [-0.2, -0.15) is 0 Å². The highest BCUT2D eigenvalue weighted by Gasteiger charge is 2.22. The Labute approximate surface area is 131 Å². The Morgan fingerprint density at radius 3 is 2.90 bits per heavy atom. The zero-order valence-electron chi connectivity index (χ0n) is 12.7. The first-order valence-corrected chi connectivity index (χ1v) is 8.78. The van der Waals surface area contributed by atoms with Crippen LogP contribution in [0, 0.1) is 0 Å². The van der Waals surface area contributed by atoms with Gasteiger partial charge in [0.1, 0.15) is 0 Å². The van der Waals surface area contributed by atoms with E-state index in [2.05, 4.69) is 58.9 Å². The highest BCUT2D eigenvalue weighted by atomic mass is 32.1. The molecule has 3 heteroatoms. The zero-order chi connectivity index (χ0) is 14.5. The smallest absolute Gasteiger partial charge is 0.0305 e. The third-order valence-electron chi connectivity index (χ3n) is 4.29. The molecule has 0 bridgehead atoms. The third-order valence-corrected chi connectivity index (χ3v) is 5.25. The van der Waals surface area contributed by atoms with Gasteiger partial charge >= 0.3 is 0 Å². The minimum absolute atomic E-state index is 0.639. The molecule has 0 aliphatic carbocycles. The number of thiophene rings is 1. The maximum atomic E-state index is 3.74. The van der Waals surface area contributed by atoms with Crippen LogP contribution in [-0.2, 0) is 19.5 Å². The van der Waals surface area contributed by atoms with Crippen LogP contribution in [0.1, 0.15) is 29.3 Å². The molecular formula is C18H24N2S. The van der Waals surface area contributed by atoms with Crippen LogP contribution in [-0.4, -0.2) is 24.0 Å². The molecule has 2 heterocycles. The molecule has 1 aromatic heterocycles. The average Bonchev–Trinajstić information content (AvgIpc) is 3.15. The van der Waals surface area contributed by atoms with Gasteiger partial charge in [-0.15, -0.1) is 11.3 Å². The van der Waals surface area contributed by atoms with E-state index in [4.69, 9.17) is 0 Å². The average molecular weight is 300 g/mol. The van der Waals surface area contributed by atoms with Gasteiger partial charge in [0.25, 0.3) is 0 Å². The molecular weight excluding hydrogens is 276 g/mol. The molecule has 2 nitrogen and oxygen atoms in total. The fraction of sp³-hybridized carbons (Fsp3) is 0.444. The van der Waals surface area contributed by atoms with Crippen LogP contribution in [0.2, 0.25) is 0 Å². The number of hydrogen-bond donors (Lipinski definition) is 1. The van der Waals surface area contributed by atoms with Gasteiger partial charge in [0.2, 0.25) is 0 Å². The fourth-order valence-corrected chi connectivity index (χ4v) is 3.99. The van der Waals surface area contributed by atoms with Crippen molar-refractivity contribution in [1.29, 1.82) is 0 Å². The first kappa shape index (κ1) is 14.8. The van der Waals surface area contributed by atoms with Crippen molar-refractivity contribution in [2.24, 2.45) is 0 Å². The molecule has 1 aliphatic heterocycles. The summed E-state index contributed by atoms with van der Waals surface area (Å²) < 4.78 is 0. The number of nitrogens with zero attached hydrogens (tertiary/aromatic N) is 1. The van der Waals surface area contributed by atoms with E-state index in [-0.39, 0.29) is 0 Å². The molecule has 1 N–H and O–H groups in total. The van der Waals surface area contributed by atoms with Gasteiger partial charge in [0.15, 0.2) is 0 Å². The molecule has 1 unspecified atom stereocenters. The van der Waals surface area contributed by atoms with Crippen LogP contribution < -0.4 is 5.32 Å². The number of nitrogens with one attached hydrogen (secondary N) is 1. The number of benzene rings is 1. The van der Waals surface area contributed by atoms with Gasteiger partial charge in [-0.3, -0.25) is 4.90 Å². The number of likely N-dealkylation sites (tertiary alicyclic amines) is 1. The summed E-state index contributed by atoms with van der Waals surface area (Å²) >= 11 is 1.88. The number of hydrogen-bond acceptors (Lipinski definition) is 3. The topological polar surface area (TPSA) is 15.3 Å². The third kappa shape index (κ3) is 3.94. The Morgan fingerprint density at radius 1 is 1.24 bits per heavy atom. The first-order chi connectivity index (χ1) is 10.3. The monoisotopic (exact) mass is 300 g/mol. The molecule has 1 aromatic carbocycles. The quantitative estimate of drug-likeness (QED) is 0.875. The van der Waals surface area contributed by atoms with E-state index in [1.54, 1.807) is 0 Å². The highest BCUT2D eigenvalue weighted by Crippen LogP contribution is 2.19. The summed E-state index contributed by atoms with van der Waals surface area (Å²) in [6.07, 6.45) is 2.41. The van der Waals surface area contributed by atoms with Crippen LogP contribution in [0.4, 0.5) is 0 Å². The van der Waals surface area contributed by atoms with Crippen molar-refractivity contribution in [3.8, 4) is 0 Å². The number of aryl methyl sites for hydroxylation is 1. The van der Waals surface area contributed by atoms with Crippen LogP contribution in [0.5, 0.6) is 0 Å². The van der Waals surface area contributed by atoms with E-state index in [1.165, 1.54) is 35.5 Å². The lowest BCUT2D eigenvalue weighted by atomic mass is 10.2. The predicted octanol–water partition coefficient (Wildman–Crippen LogP) is 3.67. The fourth-order valence-electron chi connectivity index (χ4n) is 3.06. The predicted molar refractivity (Wildman–Crippen MR) is 90.7 cm³/mol. The Kier molecular flexibility index (Phi) is 5.07. The summed E-state index contributed by atoms with van der Waals surface area (Å²) in [6, 6.07) is 13.7. The summed E-state index contributed by atoms with van der Waals surface area (Å²) in [6.45, 7) is 6.73. The zero-order valence-corrected chi connectivity index (χ0v) is 13.5. The second-order valence-electron chi connectivity index (χ2n) is 5.81. The van der Waals surface area contributed by atoms with E-state index in [1.807, 2.05) is 11.3 Å². The maximum absolute atomic E-state index is 3.74. The van der Waals surface area contributed by atoms with Gasteiger partial charge in [0.05, 0.1) is 0 Å².